The van der Waals surface area contributed by atoms with Gasteiger partial charge in [0.25, 0.3) is 5.91 Å². The number of rotatable bonds is 7. The summed E-state index contributed by atoms with van der Waals surface area (Å²) in [6.45, 7) is 0.139. The zero-order valence-corrected chi connectivity index (χ0v) is 20.0. The van der Waals surface area contributed by atoms with Gasteiger partial charge in [-0.15, -0.1) is 0 Å². The quantitative estimate of drug-likeness (QED) is 0.366. The summed E-state index contributed by atoms with van der Waals surface area (Å²) in [6, 6.07) is 19.7. The highest BCUT2D eigenvalue weighted by Gasteiger charge is 2.25. The minimum Gasteiger partial charge on any atom is -0.497 e. The van der Waals surface area contributed by atoms with Gasteiger partial charge >= 0.3 is 5.69 Å². The first-order chi connectivity index (χ1) is 17.9. The number of hydrogen-bond acceptors (Lipinski definition) is 6. The minimum absolute atomic E-state index is 0.129. The molecule has 5 aromatic rings. The summed E-state index contributed by atoms with van der Waals surface area (Å²) in [5, 5.41) is 0. The third-order valence-electron chi connectivity index (χ3n) is 5.88. The zero-order chi connectivity index (χ0) is 26.1. The molecule has 2 heterocycles. The van der Waals surface area contributed by atoms with Crippen molar-refractivity contribution in [2.45, 2.75) is 6.54 Å². The molecule has 10 heteroatoms. The molecular weight excluding hydrogens is 477 g/mol. The highest BCUT2D eigenvalue weighted by atomic mass is 19.1. The van der Waals surface area contributed by atoms with Crippen molar-refractivity contribution in [2.24, 2.45) is 5.73 Å². The predicted molar refractivity (Wildman–Crippen MR) is 136 cm³/mol. The van der Waals surface area contributed by atoms with Gasteiger partial charge in [-0.25, -0.2) is 23.7 Å². The van der Waals surface area contributed by atoms with Gasteiger partial charge in [0.05, 0.1) is 26.5 Å². The van der Waals surface area contributed by atoms with Crippen LogP contribution in [0, 0.1) is 5.82 Å². The van der Waals surface area contributed by atoms with E-state index in [1.54, 1.807) is 18.2 Å². The van der Waals surface area contributed by atoms with Crippen molar-refractivity contribution < 1.29 is 18.7 Å². The van der Waals surface area contributed by atoms with Crippen LogP contribution in [0.4, 0.5) is 4.39 Å². The fourth-order valence-corrected chi connectivity index (χ4v) is 4.13. The summed E-state index contributed by atoms with van der Waals surface area (Å²) in [4.78, 5) is 35.6. The Morgan fingerprint density at radius 1 is 0.946 bits per heavy atom. The van der Waals surface area contributed by atoms with Gasteiger partial charge in [0.2, 0.25) is 0 Å². The van der Waals surface area contributed by atoms with Crippen LogP contribution >= 0.6 is 0 Å². The second-order valence-electron chi connectivity index (χ2n) is 8.20. The van der Waals surface area contributed by atoms with Gasteiger partial charge in [-0.3, -0.25) is 9.36 Å². The third-order valence-corrected chi connectivity index (χ3v) is 5.88. The van der Waals surface area contributed by atoms with Crippen LogP contribution in [0.1, 0.15) is 16.1 Å². The summed E-state index contributed by atoms with van der Waals surface area (Å²) in [5.74, 6) is -0.193. The molecule has 0 bridgehead atoms. The van der Waals surface area contributed by atoms with Crippen molar-refractivity contribution in [3.05, 3.63) is 100 Å². The number of fused-ring (bicyclic) bond motifs is 1. The molecule has 5 rings (SSSR count). The first-order valence-corrected chi connectivity index (χ1v) is 11.3. The van der Waals surface area contributed by atoms with Crippen LogP contribution in [0.15, 0.2) is 77.6 Å². The lowest BCUT2D eigenvalue weighted by Gasteiger charge is -2.10. The molecule has 9 nitrogen and oxygen atoms in total. The Morgan fingerprint density at radius 2 is 1.59 bits per heavy atom. The Balaban J connectivity index is 1.85. The lowest BCUT2D eigenvalue weighted by Crippen LogP contribution is -2.24. The molecular formula is C27H22FN5O4. The van der Waals surface area contributed by atoms with Gasteiger partial charge in [-0.1, -0.05) is 30.3 Å². The minimum atomic E-state index is -0.832. The Hall–Kier alpha value is -4.99. The Kier molecular flexibility index (Phi) is 6.14. The average molecular weight is 500 g/mol. The molecule has 0 aliphatic heterocycles. The fraction of sp³-hybridized carbons (Fsp3) is 0.111. The number of halogens is 1. The number of benzene rings is 3. The number of nitrogens with zero attached hydrogens (tertiary/aromatic N) is 4. The van der Waals surface area contributed by atoms with Gasteiger partial charge in [0, 0.05) is 11.6 Å². The highest BCUT2D eigenvalue weighted by molar-refractivity contribution is 6.02. The fourth-order valence-electron chi connectivity index (χ4n) is 4.13. The van der Waals surface area contributed by atoms with Gasteiger partial charge in [-0.2, -0.15) is 0 Å². The first-order valence-electron chi connectivity index (χ1n) is 11.3. The monoisotopic (exact) mass is 499 g/mol. The van der Waals surface area contributed by atoms with Gasteiger partial charge < -0.3 is 15.2 Å². The highest BCUT2D eigenvalue weighted by Crippen LogP contribution is 2.30. The van der Waals surface area contributed by atoms with Crippen molar-refractivity contribution in [1.29, 1.82) is 0 Å². The number of primary amides is 1. The molecule has 3 aromatic carbocycles. The molecule has 0 spiro atoms. The first kappa shape index (κ1) is 23.7. The van der Waals surface area contributed by atoms with Crippen LogP contribution in [-0.4, -0.2) is 39.2 Å². The Bertz CT molecular complexity index is 1660. The molecule has 0 aliphatic carbocycles. The van der Waals surface area contributed by atoms with Crippen LogP contribution in [0.3, 0.4) is 0 Å². The number of ether oxygens (including phenoxy) is 2. The second-order valence-corrected chi connectivity index (χ2v) is 8.20. The van der Waals surface area contributed by atoms with Crippen molar-refractivity contribution in [1.82, 2.24) is 19.1 Å². The number of carbonyl (C=O) groups is 1. The lowest BCUT2D eigenvalue weighted by atomic mass is 10.1. The molecule has 2 N–H and O–H groups in total. The maximum Gasteiger partial charge on any atom is 0.335 e. The number of hydrogen-bond donors (Lipinski definition) is 1. The largest absolute Gasteiger partial charge is 0.497 e. The van der Waals surface area contributed by atoms with Gasteiger partial charge in [0.1, 0.15) is 22.8 Å². The Labute approximate surface area is 210 Å². The molecule has 0 fully saturated rings. The molecule has 37 heavy (non-hydrogen) atoms. The van der Waals surface area contributed by atoms with Crippen molar-refractivity contribution >= 4 is 17.1 Å². The SMILES string of the molecule is COc1cc(OC)cc(-c2nc(C(N)=O)c3c(n2)n(-c2ccc(F)cc2)c(=O)n3Cc2ccccc2)c1. The molecule has 186 valence electrons. The van der Waals surface area contributed by atoms with Crippen LogP contribution in [-0.2, 0) is 6.54 Å². The van der Waals surface area contributed by atoms with E-state index in [4.69, 9.17) is 15.2 Å². The number of imidazole rings is 1. The summed E-state index contributed by atoms with van der Waals surface area (Å²) in [5.41, 5.74) is 7.14. The van der Waals surface area contributed by atoms with E-state index in [1.165, 1.54) is 47.6 Å². The summed E-state index contributed by atoms with van der Waals surface area (Å²) in [7, 11) is 3.01. The van der Waals surface area contributed by atoms with Crippen LogP contribution < -0.4 is 20.9 Å². The molecule has 0 atom stereocenters. The molecule has 1 amide bonds. The average Bonchev–Trinajstić information content (AvgIpc) is 3.19. The van der Waals surface area contributed by atoms with Gasteiger partial charge in [0.15, 0.2) is 17.2 Å². The van der Waals surface area contributed by atoms with E-state index in [-0.39, 0.29) is 29.2 Å². The summed E-state index contributed by atoms with van der Waals surface area (Å²) in [6.07, 6.45) is 0. The Morgan fingerprint density at radius 3 is 2.19 bits per heavy atom. The van der Waals surface area contributed by atoms with Crippen molar-refractivity contribution in [3.63, 3.8) is 0 Å². The maximum atomic E-state index is 13.8. The van der Waals surface area contributed by atoms with Crippen LogP contribution in [0.5, 0.6) is 11.5 Å². The van der Waals surface area contributed by atoms with Crippen molar-refractivity contribution in [3.8, 4) is 28.6 Å². The third kappa shape index (κ3) is 4.40. The number of aromatic nitrogens is 4. The number of nitrogens with two attached hydrogens (primary N) is 1. The second kappa shape index (κ2) is 9.57. The number of carbonyl (C=O) groups excluding carboxylic acids is 1. The molecule has 0 radical (unpaired) electrons. The normalized spacial score (nSPS) is 11.0. The standard InChI is InChI=1S/C27H22FN5O4/c1-36-20-12-17(13-21(14-20)37-2)25-30-22(24(29)34)23-26(31-25)33(19-10-8-18(28)9-11-19)27(35)32(23)15-16-6-4-3-5-7-16/h3-14H,15H2,1-2H3,(H2,29,34). The van der Waals surface area contributed by atoms with E-state index in [2.05, 4.69) is 9.97 Å². The van der Waals surface area contributed by atoms with Crippen LogP contribution in [0.25, 0.3) is 28.2 Å². The molecule has 2 aromatic heterocycles. The zero-order valence-electron chi connectivity index (χ0n) is 20.0. The van der Waals surface area contributed by atoms with E-state index >= 15 is 0 Å². The van der Waals surface area contributed by atoms with Crippen molar-refractivity contribution in [2.75, 3.05) is 14.2 Å². The van der Waals surface area contributed by atoms with Gasteiger partial charge in [-0.05, 0) is 42.0 Å². The molecule has 0 unspecified atom stereocenters. The summed E-state index contributed by atoms with van der Waals surface area (Å²) < 4.78 is 27.1. The van der Waals surface area contributed by atoms with E-state index in [9.17, 15) is 14.0 Å². The number of amides is 1. The lowest BCUT2D eigenvalue weighted by molar-refractivity contribution is 0.0997. The molecule has 0 saturated heterocycles. The predicted octanol–water partition coefficient (Wildman–Crippen LogP) is 3.55. The van der Waals surface area contributed by atoms with E-state index in [1.807, 2.05) is 30.3 Å². The van der Waals surface area contributed by atoms with E-state index in [0.717, 1.165) is 5.56 Å². The molecule has 0 saturated carbocycles. The smallest absolute Gasteiger partial charge is 0.335 e. The maximum absolute atomic E-state index is 13.8. The summed E-state index contributed by atoms with van der Waals surface area (Å²) >= 11 is 0. The topological polar surface area (TPSA) is 114 Å². The van der Waals surface area contributed by atoms with E-state index in [0.29, 0.717) is 22.7 Å². The number of methoxy groups -OCH3 is 2. The van der Waals surface area contributed by atoms with Crippen LogP contribution in [0.2, 0.25) is 0 Å². The molecule has 0 aliphatic rings. The van der Waals surface area contributed by atoms with E-state index < -0.39 is 17.4 Å².